The van der Waals surface area contributed by atoms with Crippen LogP contribution in [-0.4, -0.2) is 106 Å². The summed E-state index contributed by atoms with van der Waals surface area (Å²) >= 11 is 0. The fourth-order valence-corrected chi connectivity index (χ4v) is 3.21. The predicted molar refractivity (Wildman–Crippen MR) is 102 cm³/mol. The third-order valence-electron chi connectivity index (χ3n) is 5.01. The Morgan fingerprint density at radius 1 is 0.833 bits per heavy atom. The number of ether oxygens (including phenoxy) is 4. The molecule has 1 aromatic rings. The summed E-state index contributed by atoms with van der Waals surface area (Å²) < 4.78 is 21.5. The number of hydrogen-bond donors (Lipinski definition) is 6. The van der Waals surface area contributed by atoms with Crippen LogP contribution in [0.3, 0.4) is 0 Å². The molecule has 2 unspecified atom stereocenters. The van der Waals surface area contributed by atoms with Crippen molar-refractivity contribution in [1.29, 1.82) is 0 Å². The van der Waals surface area contributed by atoms with Gasteiger partial charge in [-0.1, -0.05) is 42.5 Å². The minimum absolute atomic E-state index is 0.0849. The maximum Gasteiger partial charge on any atom is 0.187 e. The number of hydrogen-bond acceptors (Lipinski definition) is 10. The van der Waals surface area contributed by atoms with Gasteiger partial charge in [0.2, 0.25) is 0 Å². The van der Waals surface area contributed by atoms with Gasteiger partial charge in [0.25, 0.3) is 0 Å². The molecule has 2 aliphatic heterocycles. The second-order valence-electron chi connectivity index (χ2n) is 7.24. The van der Waals surface area contributed by atoms with Crippen molar-refractivity contribution in [1.82, 2.24) is 0 Å². The monoisotopic (exact) mass is 428 g/mol. The molecule has 0 saturated carbocycles. The van der Waals surface area contributed by atoms with Gasteiger partial charge in [-0.2, -0.15) is 0 Å². The van der Waals surface area contributed by atoms with E-state index in [1.807, 2.05) is 36.4 Å². The zero-order valence-corrected chi connectivity index (χ0v) is 16.2. The van der Waals surface area contributed by atoms with Crippen LogP contribution >= 0.6 is 0 Å². The van der Waals surface area contributed by atoms with Crippen LogP contribution < -0.4 is 0 Å². The van der Waals surface area contributed by atoms with E-state index in [2.05, 4.69) is 0 Å². The molecule has 1 aromatic carbocycles. The normalized spacial score (nSPS) is 40.0. The van der Waals surface area contributed by atoms with Crippen LogP contribution in [0.1, 0.15) is 5.56 Å². The van der Waals surface area contributed by atoms with Crippen molar-refractivity contribution in [3.05, 3.63) is 42.0 Å². The molecule has 9 atom stereocenters. The maximum atomic E-state index is 10.2. The maximum absolute atomic E-state index is 10.2. The quantitative estimate of drug-likeness (QED) is 0.286. The zero-order valence-electron chi connectivity index (χ0n) is 16.2. The van der Waals surface area contributed by atoms with E-state index in [4.69, 9.17) is 18.9 Å². The van der Waals surface area contributed by atoms with Crippen LogP contribution in [0.4, 0.5) is 0 Å². The molecule has 0 radical (unpaired) electrons. The Hall–Kier alpha value is -1.44. The highest BCUT2D eigenvalue weighted by atomic mass is 16.7. The Morgan fingerprint density at radius 3 is 2.27 bits per heavy atom. The van der Waals surface area contributed by atoms with E-state index in [9.17, 15) is 30.6 Å². The molecule has 0 amide bonds. The Kier molecular flexibility index (Phi) is 8.31. The first-order valence-corrected chi connectivity index (χ1v) is 9.68. The van der Waals surface area contributed by atoms with Crippen LogP contribution in [0.2, 0.25) is 0 Å². The van der Waals surface area contributed by atoms with Crippen LogP contribution in [0, 0.1) is 0 Å². The van der Waals surface area contributed by atoms with Gasteiger partial charge < -0.3 is 49.6 Å². The van der Waals surface area contributed by atoms with Crippen molar-refractivity contribution in [2.24, 2.45) is 0 Å². The number of aliphatic hydroxyl groups excluding tert-OH is 6. The van der Waals surface area contributed by atoms with Crippen molar-refractivity contribution < 1.29 is 49.6 Å². The lowest BCUT2D eigenvalue weighted by molar-refractivity contribution is -0.319. The zero-order chi connectivity index (χ0) is 21.7. The van der Waals surface area contributed by atoms with E-state index < -0.39 is 55.3 Å². The van der Waals surface area contributed by atoms with Crippen LogP contribution in [0.15, 0.2) is 36.4 Å². The standard InChI is InChI=1S/C20H28O10/c21-12-9-28-19(17(25)14(12)22)29-10-13-15(23)16(24)18(26)20(30-13)27-8-4-7-11-5-2-1-3-6-11/h1-7,12-26H,8-10H2/b7-4+/t12?,13-,14?,15-,16+,17-,18-,19+,20-/m1/s1. The fraction of sp³-hybridized carbons (Fsp3) is 0.600. The lowest BCUT2D eigenvalue weighted by atomic mass is 9.99. The molecule has 2 heterocycles. The molecule has 30 heavy (non-hydrogen) atoms. The third kappa shape index (κ3) is 5.62. The SMILES string of the molecule is OC1CO[C@@H](OC[C@H]2O[C@@H](OC/C=C/c3ccccc3)[C@H](O)[C@@H](O)[C@@H]2O)[C@H](O)C1O. The number of benzene rings is 1. The van der Waals surface area contributed by atoms with Gasteiger partial charge in [-0.05, 0) is 5.56 Å². The Morgan fingerprint density at radius 2 is 1.53 bits per heavy atom. The molecule has 168 valence electrons. The Bertz CT molecular complexity index is 671. The Labute approximate surface area is 173 Å². The lowest BCUT2D eigenvalue weighted by Crippen LogP contribution is -2.60. The van der Waals surface area contributed by atoms with Crippen molar-refractivity contribution in [2.75, 3.05) is 19.8 Å². The molecule has 0 spiro atoms. The summed E-state index contributed by atoms with van der Waals surface area (Å²) in [6.45, 7) is -0.478. The molecule has 2 fully saturated rings. The molecule has 6 N–H and O–H groups in total. The van der Waals surface area contributed by atoms with Crippen molar-refractivity contribution in [3.63, 3.8) is 0 Å². The van der Waals surface area contributed by atoms with E-state index in [-0.39, 0.29) is 19.8 Å². The van der Waals surface area contributed by atoms with E-state index >= 15 is 0 Å². The van der Waals surface area contributed by atoms with E-state index in [1.54, 1.807) is 6.08 Å². The first-order valence-electron chi connectivity index (χ1n) is 9.68. The predicted octanol–water partition coefficient (Wildman–Crippen LogP) is -2.02. The molecular formula is C20H28O10. The minimum atomic E-state index is -1.54. The van der Waals surface area contributed by atoms with Crippen LogP contribution in [-0.2, 0) is 18.9 Å². The highest BCUT2D eigenvalue weighted by molar-refractivity contribution is 5.48. The van der Waals surface area contributed by atoms with Gasteiger partial charge in [-0.15, -0.1) is 0 Å². The second-order valence-corrected chi connectivity index (χ2v) is 7.24. The average Bonchev–Trinajstić information content (AvgIpc) is 2.76. The highest BCUT2D eigenvalue weighted by Gasteiger charge is 2.45. The lowest BCUT2D eigenvalue weighted by Gasteiger charge is -2.41. The number of aliphatic hydroxyl groups is 6. The summed E-state index contributed by atoms with van der Waals surface area (Å²) in [5.41, 5.74) is 0.964. The van der Waals surface area contributed by atoms with Crippen molar-refractivity contribution >= 4 is 6.08 Å². The number of rotatable bonds is 7. The van der Waals surface area contributed by atoms with Gasteiger partial charge in [0, 0.05) is 0 Å². The summed E-state index contributed by atoms with van der Waals surface area (Å²) in [7, 11) is 0. The van der Waals surface area contributed by atoms with Crippen LogP contribution in [0.25, 0.3) is 6.08 Å². The summed E-state index contributed by atoms with van der Waals surface area (Å²) in [5.74, 6) is 0. The van der Waals surface area contributed by atoms with E-state index in [0.29, 0.717) is 0 Å². The van der Waals surface area contributed by atoms with Crippen molar-refractivity contribution in [3.8, 4) is 0 Å². The largest absolute Gasteiger partial charge is 0.388 e. The van der Waals surface area contributed by atoms with Gasteiger partial charge in [0.15, 0.2) is 12.6 Å². The molecule has 0 aliphatic carbocycles. The fourth-order valence-electron chi connectivity index (χ4n) is 3.21. The molecule has 2 saturated heterocycles. The average molecular weight is 428 g/mol. The topological polar surface area (TPSA) is 158 Å². The molecule has 10 heteroatoms. The molecular weight excluding hydrogens is 400 g/mol. The molecule has 0 aromatic heterocycles. The van der Waals surface area contributed by atoms with Gasteiger partial charge in [-0.25, -0.2) is 0 Å². The van der Waals surface area contributed by atoms with Gasteiger partial charge in [0.1, 0.15) is 42.7 Å². The second kappa shape index (κ2) is 10.7. The van der Waals surface area contributed by atoms with Gasteiger partial charge in [0.05, 0.1) is 19.8 Å². The molecule has 0 bridgehead atoms. The molecule has 2 aliphatic rings. The Balaban J connectivity index is 1.52. The molecule has 10 nitrogen and oxygen atoms in total. The smallest absolute Gasteiger partial charge is 0.187 e. The minimum Gasteiger partial charge on any atom is -0.388 e. The summed E-state index contributed by atoms with van der Waals surface area (Å²) in [6, 6.07) is 9.50. The van der Waals surface area contributed by atoms with Gasteiger partial charge >= 0.3 is 0 Å². The summed E-state index contributed by atoms with van der Waals surface area (Å²) in [4.78, 5) is 0. The van der Waals surface area contributed by atoms with Crippen molar-refractivity contribution in [2.45, 2.75) is 55.3 Å². The van der Waals surface area contributed by atoms with E-state index in [0.717, 1.165) is 5.56 Å². The van der Waals surface area contributed by atoms with Gasteiger partial charge in [-0.3, -0.25) is 0 Å². The van der Waals surface area contributed by atoms with Crippen LogP contribution in [0.5, 0.6) is 0 Å². The van der Waals surface area contributed by atoms with E-state index in [1.165, 1.54) is 0 Å². The first kappa shape index (κ1) is 23.2. The highest BCUT2D eigenvalue weighted by Crippen LogP contribution is 2.24. The summed E-state index contributed by atoms with van der Waals surface area (Å²) in [5, 5.41) is 59.4. The first-order chi connectivity index (χ1) is 14.4. The third-order valence-corrected chi connectivity index (χ3v) is 5.01. The molecule has 3 rings (SSSR count). The summed E-state index contributed by atoms with van der Waals surface area (Å²) in [6.07, 6.45) is -8.71.